The number of carbonyl (C=O) groups excluding carboxylic acids is 1. The third-order valence-electron chi connectivity index (χ3n) is 7.03. The highest BCUT2D eigenvalue weighted by molar-refractivity contribution is 5.90. The lowest BCUT2D eigenvalue weighted by atomic mass is 10.00. The minimum Gasteiger partial charge on any atom is -0.497 e. The fourth-order valence-electron chi connectivity index (χ4n) is 5.24. The lowest BCUT2D eigenvalue weighted by Gasteiger charge is -2.31. The summed E-state index contributed by atoms with van der Waals surface area (Å²) in [4.78, 5) is 16.0. The average Bonchev–Trinajstić information content (AvgIpc) is 3.49. The summed E-state index contributed by atoms with van der Waals surface area (Å²) in [5.74, 6) is 1.63. The van der Waals surface area contributed by atoms with Gasteiger partial charge in [-0.25, -0.2) is 9.48 Å². The van der Waals surface area contributed by atoms with Crippen molar-refractivity contribution in [3.63, 3.8) is 0 Å². The maximum absolute atomic E-state index is 14.1. The molecule has 2 aromatic heterocycles. The summed E-state index contributed by atoms with van der Waals surface area (Å²) < 4.78 is 9.52. The normalized spacial score (nSPS) is 14.4. The van der Waals surface area contributed by atoms with Crippen LogP contribution >= 0.6 is 0 Å². The van der Waals surface area contributed by atoms with E-state index in [1.54, 1.807) is 7.11 Å². The molecule has 6 rings (SSSR count). The highest BCUT2D eigenvalue weighted by Gasteiger charge is 2.36. The Morgan fingerprint density at radius 3 is 2.55 bits per heavy atom. The van der Waals surface area contributed by atoms with Crippen molar-refractivity contribution >= 4 is 11.7 Å². The molecule has 0 aliphatic carbocycles. The predicted octanol–water partition coefficient (Wildman–Crippen LogP) is 6.43. The Kier molecular flexibility index (Phi) is 5.96. The van der Waals surface area contributed by atoms with Crippen molar-refractivity contribution in [2.75, 3.05) is 12.4 Å². The lowest BCUT2D eigenvalue weighted by molar-refractivity contribution is 0.194. The number of nitrogens with zero attached hydrogens (tertiary/aromatic N) is 4. The number of methoxy groups -OCH3 is 1. The standard InChI is InChI=1S/C31H29N5O2/c1-21-10-7-11-23(18-21)29-28-16-9-17-34(28)30-27(22(2)33-36(30)25-13-5-4-6-14-25)20-35(29)31(37)32-24-12-8-15-26(19-24)38-3/h4-19,29H,20H2,1-3H3,(H,32,37)/t29-/m0/s1. The van der Waals surface area contributed by atoms with Gasteiger partial charge in [0.05, 0.1) is 36.8 Å². The van der Waals surface area contributed by atoms with E-state index in [4.69, 9.17) is 9.84 Å². The number of urea groups is 1. The van der Waals surface area contributed by atoms with Crippen LogP contribution in [-0.4, -0.2) is 32.4 Å². The molecule has 1 atom stereocenters. The topological polar surface area (TPSA) is 64.3 Å². The van der Waals surface area contributed by atoms with Gasteiger partial charge < -0.3 is 19.5 Å². The molecule has 190 valence electrons. The SMILES string of the molecule is COc1cccc(NC(=O)N2Cc3c(C)nn(-c4ccccc4)c3-n3cccc3[C@@H]2c2cccc(C)c2)c1. The molecule has 5 aromatic rings. The summed E-state index contributed by atoms with van der Waals surface area (Å²) in [5.41, 5.74) is 6.71. The fourth-order valence-corrected chi connectivity index (χ4v) is 5.24. The number of carbonyl (C=O) groups is 1. The molecule has 0 saturated carbocycles. The molecule has 1 aliphatic rings. The quantitative estimate of drug-likeness (QED) is 0.308. The van der Waals surface area contributed by atoms with Crippen LogP contribution in [0.3, 0.4) is 0 Å². The minimum atomic E-state index is -0.313. The van der Waals surface area contributed by atoms with Gasteiger partial charge in [0.1, 0.15) is 11.6 Å². The van der Waals surface area contributed by atoms with E-state index in [2.05, 4.69) is 47.3 Å². The molecule has 1 N–H and O–H groups in total. The van der Waals surface area contributed by atoms with Gasteiger partial charge in [0.25, 0.3) is 0 Å². The Morgan fingerprint density at radius 1 is 0.947 bits per heavy atom. The Labute approximate surface area is 221 Å². The highest BCUT2D eigenvalue weighted by Crippen LogP contribution is 2.39. The van der Waals surface area contributed by atoms with Crippen LogP contribution in [0.15, 0.2) is 97.2 Å². The summed E-state index contributed by atoms with van der Waals surface area (Å²) >= 11 is 0. The van der Waals surface area contributed by atoms with Gasteiger partial charge in [0.15, 0.2) is 0 Å². The number of para-hydroxylation sites is 1. The van der Waals surface area contributed by atoms with Crippen LogP contribution in [0.5, 0.6) is 5.75 Å². The molecular weight excluding hydrogens is 474 g/mol. The Balaban J connectivity index is 1.52. The van der Waals surface area contributed by atoms with Crippen molar-refractivity contribution in [1.82, 2.24) is 19.2 Å². The van der Waals surface area contributed by atoms with Crippen LogP contribution in [0.2, 0.25) is 0 Å². The van der Waals surface area contributed by atoms with Gasteiger partial charge >= 0.3 is 6.03 Å². The molecule has 0 bridgehead atoms. The van der Waals surface area contributed by atoms with E-state index in [-0.39, 0.29) is 12.1 Å². The highest BCUT2D eigenvalue weighted by atomic mass is 16.5. The van der Waals surface area contributed by atoms with E-state index in [9.17, 15) is 4.79 Å². The number of aryl methyl sites for hydroxylation is 2. The number of anilines is 1. The maximum atomic E-state index is 14.1. The van der Waals surface area contributed by atoms with Gasteiger partial charge in [-0.15, -0.1) is 0 Å². The van der Waals surface area contributed by atoms with Crippen LogP contribution in [0.1, 0.15) is 34.1 Å². The second kappa shape index (κ2) is 9.59. The Morgan fingerprint density at radius 2 is 1.76 bits per heavy atom. The number of rotatable bonds is 4. The number of nitrogens with one attached hydrogen (secondary N) is 1. The van der Waals surface area contributed by atoms with Crippen LogP contribution in [0.4, 0.5) is 10.5 Å². The van der Waals surface area contributed by atoms with Gasteiger partial charge in [-0.1, -0.05) is 54.1 Å². The summed E-state index contributed by atoms with van der Waals surface area (Å²) in [7, 11) is 1.62. The number of fused-ring (bicyclic) bond motifs is 3. The first-order valence-electron chi connectivity index (χ1n) is 12.6. The fraction of sp³-hybridized carbons (Fsp3) is 0.161. The number of aromatic nitrogens is 3. The van der Waals surface area contributed by atoms with Crippen molar-refractivity contribution in [3.8, 4) is 17.3 Å². The molecule has 3 aromatic carbocycles. The molecular formula is C31H29N5O2. The molecule has 2 amide bonds. The Bertz CT molecular complexity index is 1620. The summed E-state index contributed by atoms with van der Waals surface area (Å²) in [5, 5.41) is 8.03. The van der Waals surface area contributed by atoms with E-state index in [1.807, 2.05) is 83.2 Å². The van der Waals surface area contributed by atoms with Gasteiger partial charge in [0.2, 0.25) is 0 Å². The van der Waals surface area contributed by atoms with Gasteiger partial charge in [-0.3, -0.25) is 0 Å². The molecule has 0 fully saturated rings. The predicted molar refractivity (Wildman–Crippen MR) is 148 cm³/mol. The molecule has 0 unspecified atom stereocenters. The third kappa shape index (κ3) is 4.12. The maximum Gasteiger partial charge on any atom is 0.322 e. The van der Waals surface area contributed by atoms with E-state index in [1.165, 1.54) is 0 Å². The number of amides is 2. The molecule has 38 heavy (non-hydrogen) atoms. The first kappa shape index (κ1) is 23.6. The second-order valence-corrected chi connectivity index (χ2v) is 9.54. The van der Waals surface area contributed by atoms with Crippen molar-refractivity contribution in [2.24, 2.45) is 0 Å². The second-order valence-electron chi connectivity index (χ2n) is 9.54. The van der Waals surface area contributed by atoms with Crippen molar-refractivity contribution in [2.45, 2.75) is 26.4 Å². The average molecular weight is 504 g/mol. The number of ether oxygens (including phenoxy) is 1. The van der Waals surface area contributed by atoms with E-state index in [0.717, 1.165) is 39.6 Å². The minimum absolute atomic E-state index is 0.197. The molecule has 3 heterocycles. The first-order chi connectivity index (χ1) is 18.5. The van der Waals surface area contributed by atoms with E-state index in [0.29, 0.717) is 18.0 Å². The molecule has 1 aliphatic heterocycles. The largest absolute Gasteiger partial charge is 0.497 e. The van der Waals surface area contributed by atoms with Gasteiger partial charge in [-0.05, 0) is 55.8 Å². The van der Waals surface area contributed by atoms with Crippen LogP contribution in [0.25, 0.3) is 11.5 Å². The van der Waals surface area contributed by atoms with E-state index < -0.39 is 0 Å². The van der Waals surface area contributed by atoms with Crippen molar-refractivity contribution in [3.05, 3.63) is 125 Å². The number of hydrogen-bond acceptors (Lipinski definition) is 3. The van der Waals surface area contributed by atoms with Crippen LogP contribution < -0.4 is 10.1 Å². The van der Waals surface area contributed by atoms with Crippen LogP contribution in [-0.2, 0) is 6.54 Å². The number of benzene rings is 3. The molecule has 7 nitrogen and oxygen atoms in total. The zero-order valence-electron chi connectivity index (χ0n) is 21.6. The summed E-state index contributed by atoms with van der Waals surface area (Å²) in [6, 6.07) is 29.5. The van der Waals surface area contributed by atoms with Gasteiger partial charge in [-0.2, -0.15) is 5.10 Å². The van der Waals surface area contributed by atoms with Crippen molar-refractivity contribution in [1.29, 1.82) is 0 Å². The molecule has 0 saturated heterocycles. The monoisotopic (exact) mass is 503 g/mol. The summed E-state index contributed by atoms with van der Waals surface area (Å²) in [6.45, 7) is 4.47. The first-order valence-corrected chi connectivity index (χ1v) is 12.6. The zero-order chi connectivity index (χ0) is 26.2. The Hall–Kier alpha value is -4.78. The number of hydrogen-bond donors (Lipinski definition) is 1. The summed E-state index contributed by atoms with van der Waals surface area (Å²) in [6.07, 6.45) is 2.06. The molecule has 0 spiro atoms. The van der Waals surface area contributed by atoms with E-state index >= 15 is 0 Å². The van der Waals surface area contributed by atoms with Crippen LogP contribution in [0, 0.1) is 13.8 Å². The lowest BCUT2D eigenvalue weighted by Crippen LogP contribution is -2.38. The van der Waals surface area contributed by atoms with Gasteiger partial charge in [0, 0.05) is 23.5 Å². The smallest absolute Gasteiger partial charge is 0.322 e. The third-order valence-corrected chi connectivity index (χ3v) is 7.03. The molecule has 0 radical (unpaired) electrons. The zero-order valence-corrected chi connectivity index (χ0v) is 21.6. The molecule has 7 heteroatoms. The van der Waals surface area contributed by atoms with Crippen molar-refractivity contribution < 1.29 is 9.53 Å².